The van der Waals surface area contributed by atoms with Gasteiger partial charge in [0.25, 0.3) is 5.78 Å². The highest BCUT2D eigenvalue weighted by Crippen LogP contribution is 2.34. The molecule has 146 valence electrons. The summed E-state index contributed by atoms with van der Waals surface area (Å²) >= 11 is 3.36. The molecule has 0 radical (unpaired) electrons. The third kappa shape index (κ3) is 4.39. The molecule has 1 aromatic carbocycles. The van der Waals surface area contributed by atoms with Crippen molar-refractivity contribution in [3.63, 3.8) is 0 Å². The molecule has 0 aliphatic carbocycles. The highest BCUT2D eigenvalue weighted by Gasteiger charge is 2.38. The Morgan fingerprint density at radius 3 is 2.52 bits per heavy atom. The number of amides is 2. The zero-order chi connectivity index (χ0) is 19.6. The second-order valence-corrected chi connectivity index (χ2v) is 7.96. The Hall–Kier alpha value is -1.77. The first-order valence-electron chi connectivity index (χ1n) is 9.29. The van der Waals surface area contributed by atoms with Gasteiger partial charge in [0, 0.05) is 36.7 Å². The van der Waals surface area contributed by atoms with Crippen LogP contribution in [0.1, 0.15) is 30.6 Å². The first kappa shape index (κ1) is 20.0. The van der Waals surface area contributed by atoms with Crippen molar-refractivity contribution in [3.8, 4) is 0 Å². The number of nitrogens with zero attached hydrogens (tertiary/aromatic N) is 3. The molecule has 1 N–H and O–H groups in total. The summed E-state index contributed by atoms with van der Waals surface area (Å²) in [4.78, 5) is 42.5. The highest BCUT2D eigenvalue weighted by atomic mass is 79.9. The van der Waals surface area contributed by atoms with E-state index in [0.29, 0.717) is 28.9 Å². The maximum absolute atomic E-state index is 12.4. The third-order valence-electron chi connectivity index (χ3n) is 5.14. The lowest BCUT2D eigenvalue weighted by atomic mass is 10.1. The molecule has 7 nitrogen and oxygen atoms in total. The summed E-state index contributed by atoms with van der Waals surface area (Å²) in [5, 5.41) is 2.98. The summed E-state index contributed by atoms with van der Waals surface area (Å²) in [6, 6.07) is 5.60. The van der Waals surface area contributed by atoms with Crippen LogP contribution >= 0.6 is 15.9 Å². The summed E-state index contributed by atoms with van der Waals surface area (Å²) in [5.41, 5.74) is 1.11. The van der Waals surface area contributed by atoms with Crippen LogP contribution in [0.5, 0.6) is 0 Å². The van der Waals surface area contributed by atoms with Crippen molar-refractivity contribution in [1.29, 1.82) is 0 Å². The second kappa shape index (κ2) is 8.50. The van der Waals surface area contributed by atoms with E-state index in [1.807, 2.05) is 19.9 Å². The number of carbonyl (C=O) groups is 3. The Labute approximate surface area is 167 Å². The fourth-order valence-electron chi connectivity index (χ4n) is 3.36. The minimum atomic E-state index is -0.479. The molecule has 8 heteroatoms. The smallest absolute Gasteiger partial charge is 0.300 e. The summed E-state index contributed by atoms with van der Waals surface area (Å²) < 4.78 is 0.651. The number of anilines is 1. The molecule has 1 fully saturated rings. The van der Waals surface area contributed by atoms with Crippen LogP contribution in [-0.2, 0) is 9.59 Å². The third-order valence-corrected chi connectivity index (χ3v) is 5.80. The number of piperazine rings is 1. The molecule has 0 saturated carbocycles. The van der Waals surface area contributed by atoms with Crippen molar-refractivity contribution in [2.75, 3.05) is 44.3 Å². The molecule has 0 spiro atoms. The predicted octanol–water partition coefficient (Wildman–Crippen LogP) is 1.47. The van der Waals surface area contributed by atoms with Gasteiger partial charge in [-0.1, -0.05) is 13.0 Å². The van der Waals surface area contributed by atoms with Gasteiger partial charge in [0.15, 0.2) is 0 Å². The van der Waals surface area contributed by atoms with Crippen molar-refractivity contribution < 1.29 is 14.4 Å². The number of benzene rings is 1. The SMILES string of the molecule is CCC(C)NC(=O)CN1CCN(CN2C(=O)C(=O)c3c(Br)cccc32)CC1. The predicted molar refractivity (Wildman–Crippen MR) is 107 cm³/mol. The monoisotopic (exact) mass is 436 g/mol. The molecule has 27 heavy (non-hydrogen) atoms. The largest absolute Gasteiger partial charge is 0.353 e. The average Bonchev–Trinajstić information content (AvgIpc) is 2.89. The average molecular weight is 437 g/mol. The van der Waals surface area contributed by atoms with E-state index in [1.165, 1.54) is 0 Å². The molecule has 1 saturated heterocycles. The lowest BCUT2D eigenvalue weighted by molar-refractivity contribution is -0.123. The van der Waals surface area contributed by atoms with Crippen LogP contribution in [0.2, 0.25) is 0 Å². The van der Waals surface area contributed by atoms with E-state index < -0.39 is 11.7 Å². The van der Waals surface area contributed by atoms with Crippen LogP contribution in [-0.4, -0.2) is 72.8 Å². The number of Topliss-reactive ketones (excluding diaryl/α,β-unsaturated/α-hetero) is 1. The molecule has 2 heterocycles. The van der Waals surface area contributed by atoms with Gasteiger partial charge in [-0.15, -0.1) is 0 Å². The maximum Gasteiger partial charge on any atom is 0.300 e. The van der Waals surface area contributed by atoms with Crippen LogP contribution in [0.25, 0.3) is 0 Å². The Balaban J connectivity index is 1.54. The number of hydrogen-bond acceptors (Lipinski definition) is 5. The van der Waals surface area contributed by atoms with Gasteiger partial charge in [0.1, 0.15) is 0 Å². The fraction of sp³-hybridized carbons (Fsp3) is 0.526. The van der Waals surface area contributed by atoms with Crippen molar-refractivity contribution in [3.05, 3.63) is 28.2 Å². The Kier molecular flexibility index (Phi) is 6.29. The van der Waals surface area contributed by atoms with Gasteiger partial charge in [-0.05, 0) is 41.4 Å². The van der Waals surface area contributed by atoms with Gasteiger partial charge in [0.2, 0.25) is 5.91 Å². The minimum absolute atomic E-state index is 0.0527. The molecule has 1 unspecified atom stereocenters. The van der Waals surface area contributed by atoms with Crippen LogP contribution in [0, 0.1) is 0 Å². The van der Waals surface area contributed by atoms with E-state index in [-0.39, 0.29) is 11.9 Å². The first-order chi connectivity index (χ1) is 12.9. The summed E-state index contributed by atoms with van der Waals surface area (Å²) in [6.45, 7) is 7.85. The first-order valence-corrected chi connectivity index (χ1v) is 10.1. The number of rotatable bonds is 6. The molecule has 1 atom stereocenters. The highest BCUT2D eigenvalue weighted by molar-refractivity contribution is 9.10. The summed E-state index contributed by atoms with van der Waals surface area (Å²) in [6.07, 6.45) is 0.916. The van der Waals surface area contributed by atoms with Crippen molar-refractivity contribution >= 4 is 39.2 Å². The van der Waals surface area contributed by atoms with Gasteiger partial charge in [0.05, 0.1) is 24.5 Å². The maximum atomic E-state index is 12.4. The molecular formula is C19H25BrN4O3. The normalized spacial score (nSPS) is 19.3. The van der Waals surface area contributed by atoms with Crippen LogP contribution < -0.4 is 10.2 Å². The van der Waals surface area contributed by atoms with E-state index in [0.717, 1.165) is 32.6 Å². The molecule has 2 amide bonds. The molecular weight excluding hydrogens is 412 g/mol. The quantitative estimate of drug-likeness (QED) is 0.683. The molecule has 0 bridgehead atoms. The van der Waals surface area contributed by atoms with Crippen molar-refractivity contribution in [1.82, 2.24) is 15.1 Å². The second-order valence-electron chi connectivity index (χ2n) is 7.11. The molecule has 0 aromatic heterocycles. The van der Waals surface area contributed by atoms with Crippen LogP contribution in [0.15, 0.2) is 22.7 Å². The summed E-state index contributed by atoms with van der Waals surface area (Å²) in [5.74, 6) is -0.887. The number of hydrogen-bond donors (Lipinski definition) is 1. The van der Waals surface area contributed by atoms with Crippen LogP contribution in [0.3, 0.4) is 0 Å². The molecule has 2 aliphatic rings. The van der Waals surface area contributed by atoms with Gasteiger partial charge in [-0.25, -0.2) is 0 Å². The number of fused-ring (bicyclic) bond motifs is 1. The molecule has 3 rings (SSSR count). The van der Waals surface area contributed by atoms with Gasteiger partial charge >= 0.3 is 5.91 Å². The lowest BCUT2D eigenvalue weighted by Gasteiger charge is -2.36. The van der Waals surface area contributed by atoms with Crippen LogP contribution in [0.4, 0.5) is 5.69 Å². The van der Waals surface area contributed by atoms with E-state index >= 15 is 0 Å². The van der Waals surface area contributed by atoms with Crippen molar-refractivity contribution in [2.45, 2.75) is 26.3 Å². The topological polar surface area (TPSA) is 73.0 Å². The lowest BCUT2D eigenvalue weighted by Crippen LogP contribution is -2.53. The van der Waals surface area contributed by atoms with E-state index in [9.17, 15) is 14.4 Å². The fourth-order valence-corrected chi connectivity index (χ4v) is 3.89. The number of carbonyl (C=O) groups excluding carboxylic acids is 3. The minimum Gasteiger partial charge on any atom is -0.353 e. The van der Waals surface area contributed by atoms with E-state index in [2.05, 4.69) is 31.0 Å². The standard InChI is InChI=1S/C19H25BrN4O3/c1-3-13(2)21-16(25)11-22-7-9-23(10-8-22)12-24-15-6-4-5-14(20)17(15)18(26)19(24)27/h4-6,13H,3,7-12H2,1-2H3,(H,21,25). The number of halogens is 1. The van der Waals surface area contributed by atoms with E-state index in [1.54, 1.807) is 17.0 Å². The Bertz CT molecular complexity index is 746. The van der Waals surface area contributed by atoms with Gasteiger partial charge < -0.3 is 5.32 Å². The van der Waals surface area contributed by atoms with E-state index in [4.69, 9.17) is 0 Å². The zero-order valence-corrected chi connectivity index (χ0v) is 17.3. The Morgan fingerprint density at radius 1 is 1.19 bits per heavy atom. The Morgan fingerprint density at radius 2 is 1.85 bits per heavy atom. The van der Waals surface area contributed by atoms with Crippen molar-refractivity contribution in [2.24, 2.45) is 0 Å². The summed E-state index contributed by atoms with van der Waals surface area (Å²) in [7, 11) is 0. The number of nitrogens with one attached hydrogen (secondary N) is 1. The molecule has 2 aliphatic heterocycles. The molecule has 1 aromatic rings. The van der Waals surface area contributed by atoms with Gasteiger partial charge in [-0.2, -0.15) is 0 Å². The zero-order valence-electron chi connectivity index (χ0n) is 15.7. The van der Waals surface area contributed by atoms with Gasteiger partial charge in [-0.3, -0.25) is 29.1 Å². The number of ketones is 1.